The number of aryl methyl sites for hydroxylation is 1. The maximum Gasteiger partial charge on any atom is 0.503 e. The van der Waals surface area contributed by atoms with E-state index in [0.29, 0.717) is 0 Å². The summed E-state index contributed by atoms with van der Waals surface area (Å²) < 4.78 is 0. The van der Waals surface area contributed by atoms with E-state index < -0.39 is 6.16 Å². The molecule has 0 saturated heterocycles. The van der Waals surface area contributed by atoms with E-state index in [1.807, 2.05) is 18.2 Å². The number of carboxylic acid groups (broad SMARTS) is 2. The number of hydrogen-bond acceptors (Lipinski definition) is 1. The zero-order valence-corrected chi connectivity index (χ0v) is 10.9. The summed E-state index contributed by atoms with van der Waals surface area (Å²) in [6, 6.07) is 10.3. The molecular weight excluding hydrogens is 256 g/mol. The molecule has 0 unspecified atom stereocenters. The van der Waals surface area contributed by atoms with Crippen molar-refractivity contribution in [1.82, 2.24) is 0 Å². The van der Waals surface area contributed by atoms with E-state index in [0.717, 1.165) is 0 Å². The average molecular weight is 267 g/mol. The molecule has 0 spiro atoms. The van der Waals surface area contributed by atoms with E-state index in [4.69, 9.17) is 15.0 Å². The van der Waals surface area contributed by atoms with Crippen molar-refractivity contribution in [2.24, 2.45) is 0 Å². The fourth-order valence-electron chi connectivity index (χ4n) is 0.534. The van der Waals surface area contributed by atoms with E-state index in [9.17, 15) is 0 Å². The van der Waals surface area contributed by atoms with Gasteiger partial charge in [0.25, 0.3) is 0 Å². The van der Waals surface area contributed by atoms with Gasteiger partial charge < -0.3 is 10.2 Å². The second-order valence-electron chi connectivity index (χ2n) is 1.94. The molecule has 62 valence electrons. The molecule has 1 rings (SSSR count). The fourth-order valence-corrected chi connectivity index (χ4v) is 0.534. The Kier molecular flexibility index (Phi) is 9.90. The first-order chi connectivity index (χ1) is 5.13. The Morgan fingerprint density at radius 1 is 1.17 bits per heavy atom. The first kappa shape index (κ1) is 14.0. The summed E-state index contributed by atoms with van der Waals surface area (Å²) in [5, 5.41) is 13.9. The van der Waals surface area contributed by atoms with Crippen molar-refractivity contribution < 1.29 is 42.3 Å². The molecule has 1 aromatic rings. The summed E-state index contributed by atoms with van der Waals surface area (Å²) in [6.07, 6.45) is -1.83. The van der Waals surface area contributed by atoms with Crippen molar-refractivity contribution in [2.75, 3.05) is 0 Å². The van der Waals surface area contributed by atoms with Gasteiger partial charge in [-0.15, -0.1) is 0 Å². The van der Waals surface area contributed by atoms with Gasteiger partial charge >= 0.3 is 6.16 Å². The molecule has 0 aliphatic rings. The van der Waals surface area contributed by atoms with Gasteiger partial charge in [-0.2, -0.15) is 0 Å². The van der Waals surface area contributed by atoms with E-state index >= 15 is 0 Å². The second kappa shape index (κ2) is 8.51. The van der Waals surface area contributed by atoms with Crippen LogP contribution in [-0.2, 0) is 27.3 Å². The molecule has 0 aliphatic heterocycles. The quantitative estimate of drug-likeness (QED) is 0.708. The Hall–Kier alpha value is -0.588. The third-order valence-corrected chi connectivity index (χ3v) is 0.940. The standard InChI is InChI=1S/C7H8.CH2O3.Cd/c1-7-5-3-2-4-6-7;2-1(3)4;/h2-6H,1H3;(H2,2,3,4);. The van der Waals surface area contributed by atoms with E-state index in [2.05, 4.69) is 19.1 Å². The SMILES string of the molecule is Cc1ccccc1.O=C(O)O.[Cd]. The van der Waals surface area contributed by atoms with Gasteiger partial charge in [0.1, 0.15) is 0 Å². The molecule has 0 aliphatic carbocycles. The van der Waals surface area contributed by atoms with Crippen molar-refractivity contribution in [1.29, 1.82) is 0 Å². The van der Waals surface area contributed by atoms with Crippen LogP contribution in [0.5, 0.6) is 0 Å². The molecule has 0 radical (unpaired) electrons. The Balaban J connectivity index is 0. The summed E-state index contributed by atoms with van der Waals surface area (Å²) >= 11 is 0. The number of hydrogen-bond donors (Lipinski definition) is 2. The van der Waals surface area contributed by atoms with Crippen LogP contribution < -0.4 is 0 Å². The predicted octanol–water partition coefficient (Wildman–Crippen LogP) is 2.21. The zero-order valence-electron chi connectivity index (χ0n) is 6.90. The molecule has 0 atom stereocenters. The predicted molar refractivity (Wildman–Crippen MR) is 41.8 cm³/mol. The summed E-state index contributed by atoms with van der Waals surface area (Å²) in [5.74, 6) is 0. The van der Waals surface area contributed by atoms with Gasteiger partial charge in [-0.25, -0.2) is 4.79 Å². The van der Waals surface area contributed by atoms with Crippen molar-refractivity contribution in [2.45, 2.75) is 6.92 Å². The van der Waals surface area contributed by atoms with Gasteiger partial charge in [-0.3, -0.25) is 0 Å². The molecule has 0 fully saturated rings. The Labute approximate surface area is 91.2 Å². The minimum absolute atomic E-state index is 0. The summed E-state index contributed by atoms with van der Waals surface area (Å²) in [5.41, 5.74) is 1.32. The van der Waals surface area contributed by atoms with Crippen LogP contribution >= 0.6 is 0 Å². The third-order valence-electron chi connectivity index (χ3n) is 0.940. The van der Waals surface area contributed by atoms with Gasteiger partial charge in [0.15, 0.2) is 0 Å². The fraction of sp³-hybridized carbons (Fsp3) is 0.125. The molecular formula is C8H10CdO3. The molecule has 0 amide bonds. The third kappa shape index (κ3) is 12.1. The Morgan fingerprint density at radius 2 is 1.50 bits per heavy atom. The molecule has 4 heteroatoms. The van der Waals surface area contributed by atoms with E-state index in [1.54, 1.807) is 0 Å². The van der Waals surface area contributed by atoms with Gasteiger partial charge in [-0.1, -0.05) is 35.9 Å². The molecule has 1 aromatic carbocycles. The van der Waals surface area contributed by atoms with Crippen LogP contribution in [0.4, 0.5) is 4.79 Å². The number of benzene rings is 1. The topological polar surface area (TPSA) is 57.5 Å². The molecule has 0 bridgehead atoms. The molecule has 0 aromatic heterocycles. The van der Waals surface area contributed by atoms with E-state index in [1.165, 1.54) is 5.56 Å². The van der Waals surface area contributed by atoms with Crippen LogP contribution in [0.1, 0.15) is 5.56 Å². The van der Waals surface area contributed by atoms with Gasteiger partial charge in [0.05, 0.1) is 0 Å². The largest absolute Gasteiger partial charge is 0.503 e. The minimum atomic E-state index is -1.83. The van der Waals surface area contributed by atoms with Crippen molar-refractivity contribution in [3.05, 3.63) is 35.9 Å². The van der Waals surface area contributed by atoms with Crippen molar-refractivity contribution in [3.8, 4) is 0 Å². The summed E-state index contributed by atoms with van der Waals surface area (Å²) in [7, 11) is 0. The number of carbonyl (C=O) groups is 1. The molecule has 0 saturated carbocycles. The molecule has 3 nitrogen and oxygen atoms in total. The maximum atomic E-state index is 8.56. The Morgan fingerprint density at radius 3 is 1.67 bits per heavy atom. The summed E-state index contributed by atoms with van der Waals surface area (Å²) in [6.45, 7) is 2.08. The van der Waals surface area contributed by atoms with Gasteiger partial charge in [0.2, 0.25) is 0 Å². The maximum absolute atomic E-state index is 8.56. The van der Waals surface area contributed by atoms with E-state index in [-0.39, 0.29) is 27.3 Å². The van der Waals surface area contributed by atoms with Crippen LogP contribution in [0, 0.1) is 6.92 Å². The average Bonchev–Trinajstić information content (AvgIpc) is 1.87. The normalized spacial score (nSPS) is 7.08. The minimum Gasteiger partial charge on any atom is -0.450 e. The van der Waals surface area contributed by atoms with Crippen molar-refractivity contribution in [3.63, 3.8) is 0 Å². The second-order valence-corrected chi connectivity index (χ2v) is 1.94. The monoisotopic (exact) mass is 268 g/mol. The van der Waals surface area contributed by atoms with Gasteiger partial charge in [-0.05, 0) is 6.92 Å². The van der Waals surface area contributed by atoms with Crippen molar-refractivity contribution >= 4 is 6.16 Å². The van der Waals surface area contributed by atoms with Crippen LogP contribution in [0.3, 0.4) is 0 Å². The van der Waals surface area contributed by atoms with Crippen LogP contribution in [-0.4, -0.2) is 16.4 Å². The first-order valence-electron chi connectivity index (χ1n) is 3.06. The van der Waals surface area contributed by atoms with Gasteiger partial charge in [0, 0.05) is 27.3 Å². The molecule has 0 heterocycles. The zero-order chi connectivity index (χ0) is 8.69. The first-order valence-corrected chi connectivity index (χ1v) is 3.06. The molecule has 2 N–H and O–H groups in total. The smallest absolute Gasteiger partial charge is 0.450 e. The summed E-state index contributed by atoms with van der Waals surface area (Å²) in [4.78, 5) is 8.56. The van der Waals surface area contributed by atoms with Crippen LogP contribution in [0.25, 0.3) is 0 Å². The number of rotatable bonds is 0. The molecule has 12 heavy (non-hydrogen) atoms. The van der Waals surface area contributed by atoms with Crippen LogP contribution in [0.2, 0.25) is 0 Å². The van der Waals surface area contributed by atoms with Crippen LogP contribution in [0.15, 0.2) is 30.3 Å². The Bertz CT molecular complexity index is 207.